The zero-order valence-corrected chi connectivity index (χ0v) is 10.2. The van der Waals surface area contributed by atoms with Gasteiger partial charge in [-0.15, -0.1) is 0 Å². The molecule has 0 radical (unpaired) electrons. The van der Waals surface area contributed by atoms with Gasteiger partial charge in [-0.3, -0.25) is 4.99 Å². The molecule has 1 aliphatic rings. The van der Waals surface area contributed by atoms with E-state index in [2.05, 4.69) is 51.4 Å². The van der Waals surface area contributed by atoms with E-state index >= 15 is 0 Å². The quantitative estimate of drug-likeness (QED) is 0.611. The summed E-state index contributed by atoms with van der Waals surface area (Å²) in [6.45, 7) is 12.4. The number of allylic oxidation sites excluding steroid dienone is 4. The molecule has 0 aromatic heterocycles. The lowest BCUT2D eigenvalue weighted by molar-refractivity contribution is 0.643. The molecule has 15 heavy (non-hydrogen) atoms. The summed E-state index contributed by atoms with van der Waals surface area (Å²) in [6, 6.07) is 0. The maximum Gasteiger partial charge on any atom is 0.0222 e. The standard InChI is InChI=1S/C14H21N/c1-6-15-12(5)13-8-7-11(4)9-14(13)10(2)3/h6-7,9-10,13H,1,8H2,2-5H3/b15-12+. The maximum absolute atomic E-state index is 4.32. The zero-order valence-electron chi connectivity index (χ0n) is 10.2. The van der Waals surface area contributed by atoms with Crippen LogP contribution in [0.25, 0.3) is 0 Å². The van der Waals surface area contributed by atoms with Crippen molar-refractivity contribution in [1.29, 1.82) is 0 Å². The smallest absolute Gasteiger partial charge is 0.0222 e. The molecular weight excluding hydrogens is 182 g/mol. The Morgan fingerprint density at radius 3 is 2.80 bits per heavy atom. The lowest BCUT2D eigenvalue weighted by Crippen LogP contribution is -2.19. The summed E-state index contributed by atoms with van der Waals surface area (Å²) in [5, 5.41) is 0. The first-order valence-electron chi connectivity index (χ1n) is 5.59. The number of rotatable bonds is 3. The van der Waals surface area contributed by atoms with Gasteiger partial charge in [0.15, 0.2) is 0 Å². The van der Waals surface area contributed by atoms with Crippen molar-refractivity contribution in [2.24, 2.45) is 16.8 Å². The monoisotopic (exact) mass is 203 g/mol. The lowest BCUT2D eigenvalue weighted by Gasteiger charge is -2.25. The SMILES string of the molecule is C=C/N=C(\C)C1CC=C(C)C=C1C(C)C. The minimum Gasteiger partial charge on any atom is -0.266 e. The highest BCUT2D eigenvalue weighted by molar-refractivity contribution is 5.88. The lowest BCUT2D eigenvalue weighted by atomic mass is 9.80. The Kier molecular flexibility index (Phi) is 4.07. The molecule has 0 spiro atoms. The van der Waals surface area contributed by atoms with Gasteiger partial charge in [-0.2, -0.15) is 0 Å². The van der Waals surface area contributed by atoms with Gasteiger partial charge < -0.3 is 0 Å². The fourth-order valence-electron chi connectivity index (χ4n) is 2.08. The first-order valence-corrected chi connectivity index (χ1v) is 5.59. The zero-order chi connectivity index (χ0) is 11.4. The van der Waals surface area contributed by atoms with Crippen LogP contribution in [0.1, 0.15) is 34.1 Å². The van der Waals surface area contributed by atoms with Crippen LogP contribution in [0.15, 0.2) is 41.1 Å². The normalized spacial score (nSPS) is 22.5. The van der Waals surface area contributed by atoms with E-state index in [4.69, 9.17) is 0 Å². The van der Waals surface area contributed by atoms with Crippen LogP contribution in [0.3, 0.4) is 0 Å². The number of hydrogen-bond acceptors (Lipinski definition) is 1. The molecule has 1 heteroatoms. The Morgan fingerprint density at radius 1 is 1.60 bits per heavy atom. The summed E-state index contributed by atoms with van der Waals surface area (Å²) < 4.78 is 0. The topological polar surface area (TPSA) is 12.4 Å². The Labute approximate surface area is 93.3 Å². The van der Waals surface area contributed by atoms with Gasteiger partial charge in [0.05, 0.1) is 0 Å². The van der Waals surface area contributed by atoms with E-state index in [1.54, 1.807) is 6.20 Å². The fraction of sp³-hybridized carbons (Fsp3) is 0.500. The summed E-state index contributed by atoms with van der Waals surface area (Å²) >= 11 is 0. The molecule has 1 unspecified atom stereocenters. The van der Waals surface area contributed by atoms with E-state index in [9.17, 15) is 0 Å². The highest BCUT2D eigenvalue weighted by atomic mass is 14.7. The van der Waals surface area contributed by atoms with Gasteiger partial charge >= 0.3 is 0 Å². The summed E-state index contributed by atoms with van der Waals surface area (Å²) in [5.41, 5.74) is 4.05. The van der Waals surface area contributed by atoms with Crippen molar-refractivity contribution in [1.82, 2.24) is 0 Å². The Balaban J connectivity index is 2.97. The van der Waals surface area contributed by atoms with Crippen LogP contribution < -0.4 is 0 Å². The average molecular weight is 203 g/mol. The molecule has 0 amide bonds. The van der Waals surface area contributed by atoms with Crippen molar-refractivity contribution in [3.63, 3.8) is 0 Å². The Hall–Kier alpha value is -1.11. The molecule has 0 aromatic rings. The van der Waals surface area contributed by atoms with Gasteiger partial charge in [0.25, 0.3) is 0 Å². The van der Waals surface area contributed by atoms with Crippen LogP contribution in [0.5, 0.6) is 0 Å². The highest BCUT2D eigenvalue weighted by Crippen LogP contribution is 2.30. The van der Waals surface area contributed by atoms with Crippen molar-refractivity contribution >= 4 is 5.71 Å². The molecule has 0 saturated carbocycles. The third-order valence-corrected chi connectivity index (χ3v) is 2.94. The Morgan fingerprint density at radius 2 is 2.27 bits per heavy atom. The van der Waals surface area contributed by atoms with Crippen molar-refractivity contribution in [3.05, 3.63) is 36.1 Å². The second-order valence-electron chi connectivity index (χ2n) is 4.49. The highest BCUT2D eigenvalue weighted by Gasteiger charge is 2.21. The molecule has 1 atom stereocenters. The second kappa shape index (κ2) is 5.11. The van der Waals surface area contributed by atoms with E-state index in [0.717, 1.165) is 6.42 Å². The first kappa shape index (κ1) is 12.0. The average Bonchev–Trinajstić information content (AvgIpc) is 2.17. The van der Waals surface area contributed by atoms with Crippen LogP contribution in [0, 0.1) is 11.8 Å². The van der Waals surface area contributed by atoms with E-state index in [0.29, 0.717) is 11.8 Å². The minimum atomic E-state index is 0.478. The van der Waals surface area contributed by atoms with Crippen LogP contribution in [0.4, 0.5) is 0 Å². The van der Waals surface area contributed by atoms with Crippen LogP contribution in [0.2, 0.25) is 0 Å². The molecule has 0 N–H and O–H groups in total. The second-order valence-corrected chi connectivity index (χ2v) is 4.49. The van der Waals surface area contributed by atoms with Gasteiger partial charge in [0.1, 0.15) is 0 Å². The molecular formula is C14H21N. The van der Waals surface area contributed by atoms with Crippen LogP contribution in [-0.4, -0.2) is 5.71 Å². The van der Waals surface area contributed by atoms with Crippen molar-refractivity contribution in [2.45, 2.75) is 34.1 Å². The Bertz CT molecular complexity index is 329. The third-order valence-electron chi connectivity index (χ3n) is 2.94. The molecule has 82 valence electrons. The maximum atomic E-state index is 4.32. The first-order chi connectivity index (χ1) is 7.06. The molecule has 1 rings (SSSR count). The molecule has 0 saturated heterocycles. The van der Waals surface area contributed by atoms with E-state index < -0.39 is 0 Å². The summed E-state index contributed by atoms with van der Waals surface area (Å²) in [5.74, 6) is 1.07. The van der Waals surface area contributed by atoms with Gasteiger partial charge in [-0.05, 0) is 26.2 Å². The molecule has 0 heterocycles. The number of nitrogens with zero attached hydrogens (tertiary/aromatic N) is 1. The molecule has 1 nitrogen and oxygen atoms in total. The van der Waals surface area contributed by atoms with E-state index in [1.165, 1.54) is 16.9 Å². The van der Waals surface area contributed by atoms with Gasteiger partial charge in [-0.1, -0.05) is 43.7 Å². The van der Waals surface area contributed by atoms with Gasteiger partial charge in [0.2, 0.25) is 0 Å². The van der Waals surface area contributed by atoms with Crippen LogP contribution in [-0.2, 0) is 0 Å². The molecule has 0 aliphatic heterocycles. The van der Waals surface area contributed by atoms with Crippen LogP contribution >= 0.6 is 0 Å². The molecule has 0 bridgehead atoms. The summed E-state index contributed by atoms with van der Waals surface area (Å²) in [6.07, 6.45) is 7.32. The molecule has 0 fully saturated rings. The number of aliphatic imine (C=N–C) groups is 1. The third kappa shape index (κ3) is 2.92. The predicted octanol–water partition coefficient (Wildman–Crippen LogP) is 4.14. The van der Waals surface area contributed by atoms with Crippen molar-refractivity contribution in [2.75, 3.05) is 0 Å². The summed E-state index contributed by atoms with van der Waals surface area (Å²) in [4.78, 5) is 4.32. The molecule has 0 aromatic carbocycles. The minimum absolute atomic E-state index is 0.478. The number of hydrogen-bond donors (Lipinski definition) is 0. The van der Waals surface area contributed by atoms with E-state index in [1.807, 2.05) is 0 Å². The van der Waals surface area contributed by atoms with Gasteiger partial charge in [0, 0.05) is 17.8 Å². The summed E-state index contributed by atoms with van der Waals surface area (Å²) in [7, 11) is 0. The van der Waals surface area contributed by atoms with Gasteiger partial charge in [-0.25, -0.2) is 0 Å². The van der Waals surface area contributed by atoms with E-state index in [-0.39, 0.29) is 0 Å². The largest absolute Gasteiger partial charge is 0.266 e. The fourth-order valence-corrected chi connectivity index (χ4v) is 2.08. The van der Waals surface area contributed by atoms with Crippen molar-refractivity contribution < 1.29 is 0 Å². The predicted molar refractivity (Wildman–Crippen MR) is 68.1 cm³/mol. The molecule has 1 aliphatic carbocycles. The van der Waals surface area contributed by atoms with Crippen molar-refractivity contribution in [3.8, 4) is 0 Å².